The molecular formula is C43H58N2O4S2. The minimum Gasteiger partial charge on any atom is -0.292 e. The maximum absolute atomic E-state index is 14.8. The van der Waals surface area contributed by atoms with Gasteiger partial charge in [0.1, 0.15) is 9.90 Å². The van der Waals surface area contributed by atoms with Gasteiger partial charge in [-0.15, -0.1) is 11.3 Å². The van der Waals surface area contributed by atoms with Crippen LogP contribution in [0, 0.1) is 5.41 Å². The van der Waals surface area contributed by atoms with Crippen molar-refractivity contribution in [2.45, 2.75) is 178 Å². The molecule has 4 aliphatic carbocycles. The van der Waals surface area contributed by atoms with Gasteiger partial charge in [0.15, 0.2) is 11.5 Å². The van der Waals surface area contributed by atoms with Crippen molar-refractivity contribution in [3.8, 4) is 0 Å². The summed E-state index contributed by atoms with van der Waals surface area (Å²) in [6.45, 7) is 5.50. The molecule has 276 valence electrons. The van der Waals surface area contributed by atoms with E-state index >= 15 is 0 Å². The summed E-state index contributed by atoms with van der Waals surface area (Å²) in [6, 6.07) is 10.9. The van der Waals surface area contributed by atoms with Gasteiger partial charge in [0.05, 0.1) is 10.2 Å². The predicted molar refractivity (Wildman–Crippen MR) is 209 cm³/mol. The van der Waals surface area contributed by atoms with E-state index in [1.807, 2.05) is 20.8 Å². The first-order valence-electron chi connectivity index (χ1n) is 20.2. The van der Waals surface area contributed by atoms with E-state index in [9.17, 15) is 13.2 Å². The molecule has 0 amide bonds. The average Bonchev–Trinajstić information content (AvgIpc) is 3.58. The Morgan fingerprint density at radius 3 is 1.65 bits per heavy atom. The molecule has 0 radical (unpaired) electrons. The second-order valence-corrected chi connectivity index (χ2v) is 19.7. The van der Waals surface area contributed by atoms with E-state index in [1.54, 1.807) is 0 Å². The maximum atomic E-state index is 14.8. The fourth-order valence-corrected chi connectivity index (χ4v) is 11.7. The fourth-order valence-electron chi connectivity index (χ4n) is 9.48. The number of fused-ring (bicyclic) bond motifs is 1. The van der Waals surface area contributed by atoms with Crippen LogP contribution >= 0.6 is 11.3 Å². The van der Waals surface area contributed by atoms with Crippen LogP contribution in [0.4, 0.5) is 0 Å². The number of carbonyl (C=O) groups excluding carboxylic acids is 1. The molecule has 7 rings (SSSR count). The van der Waals surface area contributed by atoms with E-state index < -0.39 is 15.5 Å². The Bertz CT molecular complexity index is 1790. The molecule has 1 aromatic heterocycles. The van der Waals surface area contributed by atoms with Crippen molar-refractivity contribution in [2.75, 3.05) is 0 Å². The van der Waals surface area contributed by atoms with E-state index in [-0.39, 0.29) is 23.3 Å². The molecule has 6 nitrogen and oxygen atoms in total. The molecule has 4 saturated carbocycles. The lowest BCUT2D eigenvalue weighted by Gasteiger charge is -2.31. The number of Topliss-reactive ketones (excluding diaryl/α,β-unsaturated/α-hetero) is 1. The first-order valence-corrected chi connectivity index (χ1v) is 22.5. The molecule has 4 aliphatic rings. The van der Waals surface area contributed by atoms with Crippen LogP contribution < -0.4 is 0 Å². The third kappa shape index (κ3) is 8.32. The van der Waals surface area contributed by atoms with E-state index in [2.05, 4.69) is 35.5 Å². The molecule has 2 aromatic carbocycles. The number of oxime groups is 1. The molecule has 0 saturated heterocycles. The van der Waals surface area contributed by atoms with Crippen LogP contribution in [-0.4, -0.2) is 24.9 Å². The van der Waals surface area contributed by atoms with Gasteiger partial charge < -0.3 is 0 Å². The third-order valence-corrected chi connectivity index (χ3v) is 14.7. The zero-order valence-electron chi connectivity index (χ0n) is 31.2. The second kappa shape index (κ2) is 15.8. The number of nitrogens with zero attached hydrogens (tertiary/aromatic N) is 2. The third-order valence-electron chi connectivity index (χ3n) is 12.4. The highest BCUT2D eigenvalue weighted by Gasteiger charge is 2.36. The summed E-state index contributed by atoms with van der Waals surface area (Å²) in [7, 11) is -4.36. The van der Waals surface area contributed by atoms with Crippen molar-refractivity contribution in [2.24, 2.45) is 10.6 Å². The Hall–Kier alpha value is -2.58. The first-order chi connectivity index (χ1) is 24.6. The van der Waals surface area contributed by atoms with Crippen LogP contribution in [0.1, 0.15) is 200 Å². The van der Waals surface area contributed by atoms with Gasteiger partial charge in [-0.2, -0.15) is 8.42 Å². The summed E-state index contributed by atoms with van der Waals surface area (Å²) < 4.78 is 36.4. The molecule has 0 spiro atoms. The number of hydrogen-bond acceptors (Lipinski definition) is 7. The van der Waals surface area contributed by atoms with E-state index in [4.69, 9.17) is 9.27 Å². The normalized spacial score (nSPS) is 21.3. The molecule has 1 heterocycles. The number of rotatable bonds is 9. The molecule has 0 atom stereocenters. The molecule has 0 N–H and O–H groups in total. The lowest BCUT2D eigenvalue weighted by atomic mass is 9.76. The smallest absolute Gasteiger partial charge is 0.292 e. The maximum Gasteiger partial charge on any atom is 0.359 e. The molecular weight excluding hydrogens is 673 g/mol. The minimum absolute atomic E-state index is 0.0104. The lowest BCUT2D eigenvalue weighted by Crippen LogP contribution is -2.30. The Morgan fingerprint density at radius 1 is 0.686 bits per heavy atom. The van der Waals surface area contributed by atoms with Gasteiger partial charge in [-0.25, -0.2) is 4.98 Å². The molecule has 0 unspecified atom stereocenters. The Balaban J connectivity index is 1.31. The van der Waals surface area contributed by atoms with Crippen LogP contribution in [0.5, 0.6) is 0 Å². The van der Waals surface area contributed by atoms with Gasteiger partial charge in [-0.1, -0.05) is 121 Å². The zero-order chi connectivity index (χ0) is 35.6. The summed E-state index contributed by atoms with van der Waals surface area (Å²) in [5.74, 6) is 1.10. The predicted octanol–water partition coefficient (Wildman–Crippen LogP) is 12.2. The molecule has 3 aromatic rings. The quantitative estimate of drug-likeness (QED) is 0.162. The summed E-state index contributed by atoms with van der Waals surface area (Å²) in [5, 5.41) is 4.74. The molecule has 8 heteroatoms. The number of aromatic nitrogens is 1. The van der Waals surface area contributed by atoms with Gasteiger partial charge in [-0.05, 0) is 109 Å². The van der Waals surface area contributed by atoms with E-state index in [1.165, 1.54) is 99.5 Å². The molecule has 0 aliphatic heterocycles. The van der Waals surface area contributed by atoms with Gasteiger partial charge in [0.25, 0.3) is 0 Å². The van der Waals surface area contributed by atoms with Gasteiger partial charge in [0, 0.05) is 5.41 Å². The second-order valence-electron chi connectivity index (χ2n) is 17.2. The van der Waals surface area contributed by atoms with Crippen molar-refractivity contribution in [1.82, 2.24) is 4.98 Å². The monoisotopic (exact) mass is 730 g/mol. The Kier molecular flexibility index (Phi) is 11.4. The van der Waals surface area contributed by atoms with Crippen molar-refractivity contribution in [3.05, 3.63) is 57.6 Å². The van der Waals surface area contributed by atoms with Gasteiger partial charge in [0.2, 0.25) is 0 Å². The Morgan fingerprint density at radius 2 is 1.16 bits per heavy atom. The van der Waals surface area contributed by atoms with E-state index in [0.29, 0.717) is 21.7 Å². The molecule has 51 heavy (non-hydrogen) atoms. The number of carbonyl (C=O) groups is 1. The highest BCUT2D eigenvalue weighted by molar-refractivity contribution is 7.86. The summed E-state index contributed by atoms with van der Waals surface area (Å²) in [5.41, 5.74) is 4.50. The summed E-state index contributed by atoms with van der Waals surface area (Å²) in [4.78, 5) is 19.3. The van der Waals surface area contributed by atoms with Crippen LogP contribution in [0.2, 0.25) is 0 Å². The number of ketones is 1. The molecule has 0 bridgehead atoms. The summed E-state index contributed by atoms with van der Waals surface area (Å²) in [6.07, 6.45) is 23.1. The lowest BCUT2D eigenvalue weighted by molar-refractivity contribution is -0.119. The van der Waals surface area contributed by atoms with E-state index in [0.717, 1.165) is 72.7 Å². The van der Waals surface area contributed by atoms with Crippen molar-refractivity contribution in [1.29, 1.82) is 0 Å². The average molecular weight is 731 g/mol. The standard InChI is InChI=1S/C43H58N2O4S2/c1-43(2,3)41(46)39(42-44-37-28-33(24-25-38(37)50-42)29-16-8-4-9-17-29)45-49-51(47,48)40-35(31-20-12-6-13-21-31)26-34(30-18-10-5-11-19-30)27-36(40)32-22-14-7-15-23-32/h24-32H,4-23H2,1-3H3/b45-39+. The SMILES string of the molecule is CC(C)(C)C(=O)/C(=N\OS(=O)(=O)c1c(C2CCCCC2)cc(C2CCCCC2)cc1C1CCCCC1)c1nc2cc(C3CCCCC3)ccc2s1. The fraction of sp³-hybridized carbons (Fsp3) is 0.651. The van der Waals surface area contributed by atoms with Crippen molar-refractivity contribution in [3.63, 3.8) is 0 Å². The van der Waals surface area contributed by atoms with Gasteiger partial charge in [-0.3, -0.25) is 9.08 Å². The largest absolute Gasteiger partial charge is 0.359 e. The van der Waals surface area contributed by atoms with Gasteiger partial charge >= 0.3 is 10.1 Å². The Labute approximate surface area is 310 Å². The highest BCUT2D eigenvalue weighted by Crippen LogP contribution is 2.46. The van der Waals surface area contributed by atoms with Crippen molar-refractivity contribution >= 4 is 43.2 Å². The number of thiazole rings is 1. The first kappa shape index (κ1) is 36.8. The van der Waals surface area contributed by atoms with Crippen molar-refractivity contribution < 1.29 is 17.5 Å². The minimum atomic E-state index is -4.36. The van der Waals surface area contributed by atoms with Crippen LogP contribution in [-0.2, 0) is 19.2 Å². The van der Waals surface area contributed by atoms with Crippen LogP contribution in [0.3, 0.4) is 0 Å². The number of benzene rings is 2. The zero-order valence-corrected chi connectivity index (χ0v) is 32.8. The van der Waals surface area contributed by atoms with Crippen LogP contribution in [0.25, 0.3) is 10.2 Å². The molecule has 4 fully saturated rings. The highest BCUT2D eigenvalue weighted by atomic mass is 32.2. The van der Waals surface area contributed by atoms with Crippen LogP contribution in [0.15, 0.2) is 40.4 Å². The summed E-state index contributed by atoms with van der Waals surface area (Å²) >= 11 is 1.38. The topological polar surface area (TPSA) is 85.7 Å². The number of hydrogen-bond donors (Lipinski definition) is 0.